The molecular formula is C20H24O7. The molecule has 7 nitrogen and oxygen atoms in total. The van der Waals surface area contributed by atoms with E-state index in [-0.39, 0.29) is 12.6 Å². The molecule has 2 unspecified atom stereocenters. The fourth-order valence-corrected chi connectivity index (χ4v) is 2.09. The van der Waals surface area contributed by atoms with Gasteiger partial charge in [0.15, 0.2) is 12.6 Å². The van der Waals surface area contributed by atoms with Crippen molar-refractivity contribution in [1.29, 1.82) is 0 Å². The van der Waals surface area contributed by atoms with Gasteiger partial charge in [0.25, 0.3) is 0 Å². The highest BCUT2D eigenvalue weighted by molar-refractivity contribution is 5.87. The van der Waals surface area contributed by atoms with Crippen LogP contribution in [0.4, 0.5) is 0 Å². The molecule has 1 saturated heterocycles. The lowest BCUT2D eigenvalue weighted by Crippen LogP contribution is -2.13. The van der Waals surface area contributed by atoms with Gasteiger partial charge in [-0.15, -0.1) is 0 Å². The number of ether oxygens (including phenoxy) is 3. The van der Waals surface area contributed by atoms with Gasteiger partial charge in [0.1, 0.15) is 0 Å². The van der Waals surface area contributed by atoms with Gasteiger partial charge in [0.2, 0.25) is 0 Å². The number of hydrogen-bond acceptors (Lipinski definition) is 5. The van der Waals surface area contributed by atoms with Crippen molar-refractivity contribution in [3.05, 3.63) is 71.8 Å². The molecule has 2 aromatic carbocycles. The van der Waals surface area contributed by atoms with Crippen LogP contribution in [0.25, 0.3) is 0 Å². The predicted molar refractivity (Wildman–Crippen MR) is 98.7 cm³/mol. The van der Waals surface area contributed by atoms with Crippen molar-refractivity contribution in [1.82, 2.24) is 0 Å². The Bertz CT molecular complexity index is 614. The molecule has 0 radical (unpaired) electrons. The minimum absolute atomic E-state index is 0.0463. The van der Waals surface area contributed by atoms with Crippen LogP contribution in [-0.2, 0) is 14.2 Å². The van der Waals surface area contributed by atoms with Crippen molar-refractivity contribution in [3.63, 3.8) is 0 Å². The molecule has 1 heterocycles. The number of hydrogen-bond donors (Lipinski definition) is 2. The van der Waals surface area contributed by atoms with Crippen LogP contribution in [0.3, 0.4) is 0 Å². The monoisotopic (exact) mass is 376 g/mol. The largest absolute Gasteiger partial charge is 0.478 e. The lowest BCUT2D eigenvalue weighted by Gasteiger charge is -2.09. The maximum atomic E-state index is 10.2. The first-order valence-corrected chi connectivity index (χ1v) is 8.25. The van der Waals surface area contributed by atoms with Gasteiger partial charge in [-0.2, -0.15) is 0 Å². The Morgan fingerprint density at radius 2 is 1.11 bits per heavy atom. The Kier molecular flexibility index (Phi) is 10.4. The number of carboxylic acid groups (broad SMARTS) is 2. The molecule has 0 aromatic heterocycles. The van der Waals surface area contributed by atoms with Gasteiger partial charge in [-0.3, -0.25) is 0 Å². The van der Waals surface area contributed by atoms with Gasteiger partial charge in [0.05, 0.1) is 11.1 Å². The quantitative estimate of drug-likeness (QED) is 0.842. The zero-order valence-electron chi connectivity index (χ0n) is 15.3. The fourth-order valence-electron chi connectivity index (χ4n) is 2.09. The molecule has 0 amide bonds. The lowest BCUT2D eigenvalue weighted by molar-refractivity contribution is -0.185. The van der Waals surface area contributed by atoms with Crippen molar-refractivity contribution in [2.24, 2.45) is 0 Å². The van der Waals surface area contributed by atoms with Crippen molar-refractivity contribution in [3.8, 4) is 0 Å². The normalized spacial score (nSPS) is 17.7. The summed E-state index contributed by atoms with van der Waals surface area (Å²) in [5.41, 5.74) is 0.662. The molecule has 0 aliphatic carbocycles. The molecule has 1 fully saturated rings. The SMILES string of the molecule is COC1CCC(OC)O1.O=C(O)c1ccccc1.O=C(O)c1ccccc1. The zero-order valence-corrected chi connectivity index (χ0v) is 15.3. The maximum absolute atomic E-state index is 10.2. The van der Waals surface area contributed by atoms with E-state index in [0.717, 1.165) is 12.8 Å². The van der Waals surface area contributed by atoms with Crippen LogP contribution in [0, 0.1) is 0 Å². The summed E-state index contributed by atoms with van der Waals surface area (Å²) in [6.45, 7) is 0. The lowest BCUT2D eigenvalue weighted by atomic mass is 10.2. The summed E-state index contributed by atoms with van der Waals surface area (Å²) in [5, 5.41) is 16.8. The summed E-state index contributed by atoms with van der Waals surface area (Å²) in [5.74, 6) is -1.76. The highest BCUT2D eigenvalue weighted by atomic mass is 16.8. The van der Waals surface area contributed by atoms with E-state index in [0.29, 0.717) is 11.1 Å². The van der Waals surface area contributed by atoms with Crippen LogP contribution in [0.1, 0.15) is 33.6 Å². The highest BCUT2D eigenvalue weighted by Crippen LogP contribution is 2.19. The molecular weight excluding hydrogens is 352 g/mol. The van der Waals surface area contributed by atoms with E-state index in [1.54, 1.807) is 74.9 Å². The van der Waals surface area contributed by atoms with Crippen LogP contribution in [0.5, 0.6) is 0 Å². The molecule has 2 atom stereocenters. The highest BCUT2D eigenvalue weighted by Gasteiger charge is 2.23. The number of aromatic carboxylic acids is 2. The first-order valence-electron chi connectivity index (χ1n) is 8.25. The topological polar surface area (TPSA) is 102 Å². The summed E-state index contributed by atoms with van der Waals surface area (Å²) in [4.78, 5) is 20.4. The van der Waals surface area contributed by atoms with Gasteiger partial charge < -0.3 is 24.4 Å². The molecule has 2 aromatic rings. The summed E-state index contributed by atoms with van der Waals surface area (Å²) < 4.78 is 15.1. The van der Waals surface area contributed by atoms with Gasteiger partial charge in [-0.05, 0) is 24.3 Å². The molecule has 0 saturated carbocycles. The molecule has 7 heteroatoms. The number of carbonyl (C=O) groups is 2. The zero-order chi connectivity index (χ0) is 20.1. The maximum Gasteiger partial charge on any atom is 0.335 e. The Balaban J connectivity index is 0.000000202. The summed E-state index contributed by atoms with van der Waals surface area (Å²) in [7, 11) is 3.28. The Hall–Kier alpha value is -2.74. The van der Waals surface area contributed by atoms with Crippen molar-refractivity contribution in [2.75, 3.05) is 14.2 Å². The second kappa shape index (κ2) is 12.6. The smallest absolute Gasteiger partial charge is 0.335 e. The second-order valence-electron chi connectivity index (χ2n) is 5.39. The number of methoxy groups -OCH3 is 2. The molecule has 0 spiro atoms. The molecule has 2 N–H and O–H groups in total. The molecule has 0 bridgehead atoms. The third-order valence-electron chi connectivity index (χ3n) is 3.51. The van der Waals surface area contributed by atoms with E-state index in [9.17, 15) is 9.59 Å². The molecule has 146 valence electrons. The van der Waals surface area contributed by atoms with E-state index in [1.807, 2.05) is 0 Å². The fraction of sp³-hybridized carbons (Fsp3) is 0.300. The molecule has 27 heavy (non-hydrogen) atoms. The number of carboxylic acids is 2. The standard InChI is InChI=1S/2C7H6O2.C6H12O3/c2*8-7(9)6-4-2-1-3-5-6;1-7-5-3-4-6(8-2)9-5/h2*1-5H,(H,8,9);5-6H,3-4H2,1-2H3. The van der Waals surface area contributed by atoms with Gasteiger partial charge in [-0.25, -0.2) is 9.59 Å². The summed E-state index contributed by atoms with van der Waals surface area (Å²) >= 11 is 0. The van der Waals surface area contributed by atoms with E-state index in [4.69, 9.17) is 24.4 Å². The van der Waals surface area contributed by atoms with Gasteiger partial charge in [-0.1, -0.05) is 36.4 Å². The van der Waals surface area contributed by atoms with Gasteiger partial charge >= 0.3 is 11.9 Å². The van der Waals surface area contributed by atoms with Crippen molar-refractivity contribution >= 4 is 11.9 Å². The summed E-state index contributed by atoms with van der Waals surface area (Å²) in [6.07, 6.45) is 1.79. The first kappa shape index (κ1) is 22.3. The third-order valence-corrected chi connectivity index (χ3v) is 3.51. The van der Waals surface area contributed by atoms with Crippen molar-refractivity contribution < 1.29 is 34.0 Å². The first-order chi connectivity index (χ1) is 13.0. The molecule has 3 rings (SSSR count). The van der Waals surface area contributed by atoms with E-state index in [1.165, 1.54) is 0 Å². The minimum Gasteiger partial charge on any atom is -0.478 e. The second-order valence-corrected chi connectivity index (χ2v) is 5.39. The number of rotatable bonds is 4. The Morgan fingerprint density at radius 3 is 1.30 bits per heavy atom. The van der Waals surface area contributed by atoms with Crippen LogP contribution < -0.4 is 0 Å². The summed E-state index contributed by atoms with van der Waals surface area (Å²) in [6, 6.07) is 16.6. The van der Waals surface area contributed by atoms with E-state index >= 15 is 0 Å². The van der Waals surface area contributed by atoms with E-state index in [2.05, 4.69) is 0 Å². The van der Waals surface area contributed by atoms with Crippen LogP contribution in [-0.4, -0.2) is 49.0 Å². The number of benzene rings is 2. The average Bonchev–Trinajstić information content (AvgIpc) is 3.19. The van der Waals surface area contributed by atoms with E-state index < -0.39 is 11.9 Å². The van der Waals surface area contributed by atoms with Crippen LogP contribution in [0.2, 0.25) is 0 Å². The molecule has 1 aliphatic heterocycles. The predicted octanol–water partition coefficient (Wildman–Crippen LogP) is 3.51. The average molecular weight is 376 g/mol. The third kappa shape index (κ3) is 8.96. The molecule has 1 aliphatic rings. The Morgan fingerprint density at radius 1 is 0.778 bits per heavy atom. The van der Waals surface area contributed by atoms with Crippen molar-refractivity contribution in [2.45, 2.75) is 25.4 Å². The van der Waals surface area contributed by atoms with Crippen LogP contribution in [0.15, 0.2) is 60.7 Å². The van der Waals surface area contributed by atoms with Gasteiger partial charge in [0, 0.05) is 27.1 Å². The Labute approximate surface area is 158 Å². The van der Waals surface area contributed by atoms with Crippen LogP contribution >= 0.6 is 0 Å². The minimum atomic E-state index is -0.879.